The van der Waals surface area contributed by atoms with Crippen molar-refractivity contribution in [1.29, 1.82) is 0 Å². The zero-order valence-electron chi connectivity index (χ0n) is 10.7. The first kappa shape index (κ1) is 15.8. The molecule has 0 saturated heterocycles. The number of aromatic amines is 2. The van der Waals surface area contributed by atoms with E-state index >= 15 is 0 Å². The second-order valence-electron chi connectivity index (χ2n) is 4.03. The third-order valence-corrected chi connectivity index (χ3v) is 3.76. The highest BCUT2D eigenvalue weighted by Gasteiger charge is 2.36. The van der Waals surface area contributed by atoms with E-state index in [1.54, 1.807) is 21.1 Å². The highest BCUT2D eigenvalue weighted by molar-refractivity contribution is 7.89. The minimum Gasteiger partial charge on any atom is -0.293 e. The lowest BCUT2D eigenvalue weighted by atomic mass is 10.2. The Kier molecular flexibility index (Phi) is 4.08. The fraction of sp³-hybridized carbons (Fsp3) is 0.0909. The predicted molar refractivity (Wildman–Crippen MR) is 70.8 cm³/mol. The van der Waals surface area contributed by atoms with Gasteiger partial charge in [0.2, 0.25) is 0 Å². The van der Waals surface area contributed by atoms with Crippen molar-refractivity contribution in [3.8, 4) is 0 Å². The Morgan fingerprint density at radius 1 is 1.14 bits per heavy atom. The van der Waals surface area contributed by atoms with Gasteiger partial charge < -0.3 is 0 Å². The maximum Gasteiger partial charge on any atom is 0.433 e. The van der Waals surface area contributed by atoms with Crippen LogP contribution in [0.15, 0.2) is 45.1 Å². The Morgan fingerprint density at radius 3 is 2.36 bits per heavy atom. The molecule has 2 aromatic rings. The lowest BCUT2D eigenvalue weighted by Gasteiger charge is -2.04. The van der Waals surface area contributed by atoms with E-state index in [0.717, 1.165) is 0 Å². The standard InChI is InChI=1S/C11H9F3N4O3S/c12-11(13,14)9-8(10(19)17-16-9)6-15-18-22(20,21)7-4-2-1-3-5-7/h1-6,18H,(H2,16,17,19)/b15-6-. The molecule has 11 heteroatoms. The summed E-state index contributed by atoms with van der Waals surface area (Å²) >= 11 is 0. The Balaban J connectivity index is 2.25. The Bertz CT molecular complexity index is 837. The topological polar surface area (TPSA) is 107 Å². The summed E-state index contributed by atoms with van der Waals surface area (Å²) in [5.41, 5.74) is -3.25. The van der Waals surface area contributed by atoms with Crippen molar-refractivity contribution in [3.05, 3.63) is 51.9 Å². The van der Waals surface area contributed by atoms with Gasteiger partial charge in [0.05, 0.1) is 16.7 Å². The van der Waals surface area contributed by atoms with Crippen LogP contribution < -0.4 is 10.4 Å². The molecule has 0 aliphatic rings. The van der Waals surface area contributed by atoms with Crippen LogP contribution in [-0.2, 0) is 16.2 Å². The smallest absolute Gasteiger partial charge is 0.293 e. The van der Waals surface area contributed by atoms with E-state index in [1.165, 1.54) is 24.3 Å². The van der Waals surface area contributed by atoms with Gasteiger partial charge in [0.25, 0.3) is 15.6 Å². The summed E-state index contributed by atoms with van der Waals surface area (Å²) in [5.74, 6) is 0. The monoisotopic (exact) mass is 334 g/mol. The number of halogens is 3. The van der Waals surface area contributed by atoms with Gasteiger partial charge in [-0.2, -0.15) is 26.7 Å². The van der Waals surface area contributed by atoms with Crippen molar-refractivity contribution in [1.82, 2.24) is 15.0 Å². The molecular weight excluding hydrogens is 325 g/mol. The number of hydrogen-bond acceptors (Lipinski definition) is 4. The minimum atomic E-state index is -4.81. The molecule has 1 aromatic heterocycles. The number of aromatic nitrogens is 2. The normalized spacial score (nSPS) is 12.7. The summed E-state index contributed by atoms with van der Waals surface area (Å²) in [5, 5.41) is 6.61. The molecule has 7 nitrogen and oxygen atoms in total. The van der Waals surface area contributed by atoms with Crippen LogP contribution >= 0.6 is 0 Å². The maximum atomic E-state index is 12.6. The second kappa shape index (κ2) is 5.67. The molecule has 0 aliphatic heterocycles. The molecular formula is C11H9F3N4O3S. The number of rotatable bonds is 4. The van der Waals surface area contributed by atoms with Crippen LogP contribution in [0.5, 0.6) is 0 Å². The van der Waals surface area contributed by atoms with Gasteiger partial charge >= 0.3 is 6.18 Å². The summed E-state index contributed by atoms with van der Waals surface area (Å²) in [6, 6.07) is 7.09. The van der Waals surface area contributed by atoms with Crippen molar-refractivity contribution in [2.75, 3.05) is 0 Å². The van der Waals surface area contributed by atoms with E-state index in [4.69, 9.17) is 0 Å². The molecule has 0 aliphatic carbocycles. The molecule has 0 radical (unpaired) electrons. The molecule has 0 amide bonds. The van der Waals surface area contributed by atoms with E-state index < -0.39 is 33.0 Å². The first-order valence-corrected chi connectivity index (χ1v) is 7.18. The summed E-state index contributed by atoms with van der Waals surface area (Å²) in [6.45, 7) is 0. The third-order valence-electron chi connectivity index (χ3n) is 2.52. The molecule has 0 saturated carbocycles. The molecule has 0 fully saturated rings. The highest BCUT2D eigenvalue weighted by Crippen LogP contribution is 2.28. The molecule has 2 rings (SSSR count). The van der Waals surface area contributed by atoms with Crippen LogP contribution in [0, 0.1) is 0 Å². The average Bonchev–Trinajstić information content (AvgIpc) is 2.81. The molecule has 0 bridgehead atoms. The van der Waals surface area contributed by atoms with Crippen molar-refractivity contribution >= 4 is 16.2 Å². The number of sulfonamides is 1. The number of benzene rings is 1. The Labute approximate surface area is 121 Å². The predicted octanol–water partition coefficient (Wildman–Crippen LogP) is 1.03. The highest BCUT2D eigenvalue weighted by atomic mass is 32.2. The van der Waals surface area contributed by atoms with Gasteiger partial charge in [-0.05, 0) is 12.1 Å². The van der Waals surface area contributed by atoms with Crippen LogP contribution in [0.1, 0.15) is 11.3 Å². The molecule has 1 heterocycles. The summed E-state index contributed by atoms with van der Waals surface area (Å²) in [4.78, 5) is 12.9. The van der Waals surface area contributed by atoms with Gasteiger partial charge in [0.1, 0.15) is 0 Å². The van der Waals surface area contributed by atoms with Gasteiger partial charge in [-0.15, -0.1) is 0 Å². The van der Waals surface area contributed by atoms with Crippen molar-refractivity contribution in [3.63, 3.8) is 0 Å². The van der Waals surface area contributed by atoms with E-state index in [1.807, 2.05) is 0 Å². The SMILES string of the molecule is O=c1[nH][nH]c(C(F)(F)F)c1/C=N\NS(=O)(=O)c1ccccc1. The fourth-order valence-corrected chi connectivity index (χ4v) is 2.34. The van der Waals surface area contributed by atoms with Crippen LogP contribution in [0.3, 0.4) is 0 Å². The zero-order valence-corrected chi connectivity index (χ0v) is 11.5. The van der Waals surface area contributed by atoms with Crippen molar-refractivity contribution in [2.45, 2.75) is 11.1 Å². The molecule has 22 heavy (non-hydrogen) atoms. The largest absolute Gasteiger partial charge is 0.433 e. The van der Waals surface area contributed by atoms with Gasteiger partial charge in [0, 0.05) is 0 Å². The van der Waals surface area contributed by atoms with Crippen molar-refractivity contribution < 1.29 is 21.6 Å². The lowest BCUT2D eigenvalue weighted by Crippen LogP contribution is -2.19. The number of H-pyrrole nitrogens is 2. The molecule has 0 atom stereocenters. The quantitative estimate of drug-likeness (QED) is 0.574. The van der Waals surface area contributed by atoms with Gasteiger partial charge in [0.15, 0.2) is 5.69 Å². The van der Waals surface area contributed by atoms with E-state index in [2.05, 4.69) is 5.10 Å². The average molecular weight is 334 g/mol. The van der Waals surface area contributed by atoms with Crippen LogP contribution in [0.25, 0.3) is 0 Å². The molecule has 3 N–H and O–H groups in total. The molecule has 0 unspecified atom stereocenters. The minimum absolute atomic E-state index is 0.119. The molecule has 118 valence electrons. The zero-order chi connectivity index (χ0) is 16.4. The van der Waals surface area contributed by atoms with Gasteiger partial charge in [-0.3, -0.25) is 15.0 Å². The van der Waals surface area contributed by atoms with Crippen LogP contribution in [0.4, 0.5) is 13.2 Å². The first-order valence-electron chi connectivity index (χ1n) is 5.69. The Hall–Kier alpha value is -2.56. The number of nitrogens with one attached hydrogen (secondary N) is 3. The number of hydrogen-bond donors (Lipinski definition) is 3. The van der Waals surface area contributed by atoms with Crippen LogP contribution in [0.2, 0.25) is 0 Å². The number of nitrogens with zero attached hydrogens (tertiary/aromatic N) is 1. The Morgan fingerprint density at radius 2 is 1.77 bits per heavy atom. The van der Waals surface area contributed by atoms with E-state index in [0.29, 0.717) is 6.21 Å². The number of hydrazone groups is 1. The number of alkyl halides is 3. The third kappa shape index (κ3) is 3.36. The molecule has 0 spiro atoms. The maximum absolute atomic E-state index is 12.6. The first-order chi connectivity index (χ1) is 10.2. The fourth-order valence-electron chi connectivity index (χ4n) is 1.53. The van der Waals surface area contributed by atoms with E-state index in [9.17, 15) is 26.4 Å². The van der Waals surface area contributed by atoms with Crippen LogP contribution in [-0.4, -0.2) is 24.8 Å². The second-order valence-corrected chi connectivity index (χ2v) is 5.69. The summed E-state index contributed by atoms with van der Waals surface area (Å²) in [7, 11) is -4.03. The van der Waals surface area contributed by atoms with E-state index in [-0.39, 0.29) is 4.90 Å². The summed E-state index contributed by atoms with van der Waals surface area (Å²) < 4.78 is 61.4. The van der Waals surface area contributed by atoms with Gasteiger partial charge in [-0.25, -0.2) is 4.83 Å². The van der Waals surface area contributed by atoms with Crippen molar-refractivity contribution in [2.24, 2.45) is 5.10 Å². The lowest BCUT2D eigenvalue weighted by molar-refractivity contribution is -0.141. The summed E-state index contributed by atoms with van der Waals surface area (Å²) in [6.07, 6.45) is -4.32. The molecule has 1 aromatic carbocycles. The van der Waals surface area contributed by atoms with Gasteiger partial charge in [-0.1, -0.05) is 18.2 Å².